The Labute approximate surface area is 202 Å². The van der Waals surface area contributed by atoms with Gasteiger partial charge in [-0.25, -0.2) is 0 Å². The van der Waals surface area contributed by atoms with Gasteiger partial charge in [0.2, 0.25) is 6.04 Å². The molecule has 2 aromatic carbocycles. The molecule has 0 bridgehead atoms. The average molecular weight is 498 g/mol. The largest absolute Gasteiger partial charge is 0.495 e. The van der Waals surface area contributed by atoms with E-state index >= 15 is 0 Å². The molecule has 0 aliphatic carbocycles. The summed E-state index contributed by atoms with van der Waals surface area (Å²) in [5.41, 5.74) is 0.550. The van der Waals surface area contributed by atoms with Crippen molar-refractivity contribution in [2.75, 3.05) is 32.8 Å². The normalized spacial score (nSPS) is 11.7. The predicted molar refractivity (Wildman–Crippen MR) is 126 cm³/mol. The summed E-state index contributed by atoms with van der Waals surface area (Å²) in [6, 6.07) is 4.77. The number of hydrogen-bond donors (Lipinski definition) is 1. The summed E-state index contributed by atoms with van der Waals surface area (Å²) in [6.07, 6.45) is 0. The highest BCUT2D eigenvalue weighted by Crippen LogP contribution is 2.41. The number of halogens is 2. The van der Waals surface area contributed by atoms with Crippen LogP contribution in [0.3, 0.4) is 0 Å². The lowest BCUT2D eigenvalue weighted by Gasteiger charge is -2.15. The van der Waals surface area contributed by atoms with E-state index in [1.54, 1.807) is 26.0 Å². The smallest absolute Gasteiger partial charge is 0.258 e. The number of carbonyl (C=O) groups excluding carboxylic acids is 2. The number of amides is 1. The molecule has 2 aromatic rings. The summed E-state index contributed by atoms with van der Waals surface area (Å²) in [7, 11) is 2.87. The minimum absolute atomic E-state index is 0.188. The van der Waals surface area contributed by atoms with E-state index in [0.29, 0.717) is 36.1 Å². The Bertz CT molecular complexity index is 1020. The zero-order valence-electron chi connectivity index (χ0n) is 18.9. The number of carbonyl (C=O) groups is 2. The van der Waals surface area contributed by atoms with E-state index in [-0.39, 0.29) is 21.5 Å². The standard InChI is InChI=1S/C22H25Cl2N3O6/c1-6-32-16-10-13(11-17(18(16)23)33-7-2)25-22(29)20(12(3)28)27-26-14-8-9-15(30-4)19(24)21(14)31-5/h8-11,20H,6-7H2,1-5H3,(H,25,29). The lowest BCUT2D eigenvalue weighted by molar-refractivity contribution is -0.126. The van der Waals surface area contributed by atoms with Gasteiger partial charge in [-0.2, -0.15) is 10.2 Å². The number of ether oxygens (including phenoxy) is 4. The summed E-state index contributed by atoms with van der Waals surface area (Å²) < 4.78 is 21.4. The molecule has 1 N–H and O–H groups in total. The fourth-order valence-corrected chi connectivity index (χ4v) is 3.31. The van der Waals surface area contributed by atoms with Crippen molar-refractivity contribution >= 4 is 46.3 Å². The van der Waals surface area contributed by atoms with Crippen LogP contribution in [0.1, 0.15) is 20.8 Å². The van der Waals surface area contributed by atoms with Crippen LogP contribution in [0.4, 0.5) is 11.4 Å². The van der Waals surface area contributed by atoms with Crippen LogP contribution in [0, 0.1) is 0 Å². The number of rotatable bonds is 11. The van der Waals surface area contributed by atoms with Gasteiger partial charge in [0.05, 0.1) is 27.4 Å². The second-order valence-electron chi connectivity index (χ2n) is 6.50. The van der Waals surface area contributed by atoms with E-state index in [1.807, 2.05) is 0 Å². The van der Waals surface area contributed by atoms with Gasteiger partial charge in [0.1, 0.15) is 33.0 Å². The van der Waals surface area contributed by atoms with E-state index in [2.05, 4.69) is 15.5 Å². The van der Waals surface area contributed by atoms with Crippen LogP contribution in [0.15, 0.2) is 34.5 Å². The Kier molecular flexibility index (Phi) is 9.74. The Morgan fingerprint density at radius 2 is 1.58 bits per heavy atom. The Hall–Kier alpha value is -3.04. The Morgan fingerprint density at radius 1 is 0.970 bits per heavy atom. The molecule has 0 heterocycles. The van der Waals surface area contributed by atoms with Crippen LogP contribution in [-0.2, 0) is 9.59 Å². The summed E-state index contributed by atoms with van der Waals surface area (Å²) in [6.45, 7) is 5.56. The number of azo groups is 1. The second kappa shape index (κ2) is 12.3. The van der Waals surface area contributed by atoms with Gasteiger partial charge < -0.3 is 24.3 Å². The van der Waals surface area contributed by atoms with Crippen LogP contribution in [0.25, 0.3) is 0 Å². The molecule has 0 aromatic heterocycles. The molecule has 0 fully saturated rings. The molecule has 1 unspecified atom stereocenters. The van der Waals surface area contributed by atoms with Crippen molar-refractivity contribution in [3.8, 4) is 23.0 Å². The summed E-state index contributed by atoms with van der Waals surface area (Å²) >= 11 is 12.5. The van der Waals surface area contributed by atoms with Gasteiger partial charge in [0.25, 0.3) is 5.91 Å². The maximum atomic E-state index is 12.8. The molecule has 2 rings (SSSR count). The SMILES string of the molecule is CCOc1cc(NC(=O)C(N=Nc2ccc(OC)c(Cl)c2OC)C(C)=O)cc(OCC)c1Cl. The first-order valence-electron chi connectivity index (χ1n) is 9.99. The highest BCUT2D eigenvalue weighted by atomic mass is 35.5. The molecule has 1 amide bonds. The number of anilines is 1. The van der Waals surface area contributed by atoms with Crippen LogP contribution in [-0.4, -0.2) is 45.2 Å². The number of hydrogen-bond acceptors (Lipinski definition) is 8. The third kappa shape index (κ3) is 6.49. The Morgan fingerprint density at radius 3 is 2.06 bits per heavy atom. The molecule has 9 nitrogen and oxygen atoms in total. The van der Waals surface area contributed by atoms with Crippen molar-refractivity contribution in [3.63, 3.8) is 0 Å². The molecule has 11 heteroatoms. The first kappa shape index (κ1) is 26.2. The van der Waals surface area contributed by atoms with Gasteiger partial charge in [-0.1, -0.05) is 23.2 Å². The van der Waals surface area contributed by atoms with Gasteiger partial charge in [0.15, 0.2) is 11.5 Å². The van der Waals surface area contributed by atoms with Crippen molar-refractivity contribution in [1.82, 2.24) is 0 Å². The van der Waals surface area contributed by atoms with Crippen LogP contribution >= 0.6 is 23.2 Å². The lowest BCUT2D eigenvalue weighted by atomic mass is 10.2. The zero-order chi connectivity index (χ0) is 24.5. The monoisotopic (exact) mass is 497 g/mol. The predicted octanol–water partition coefficient (Wildman–Crippen LogP) is 5.49. The van der Waals surface area contributed by atoms with Gasteiger partial charge in [-0.3, -0.25) is 9.59 Å². The molecular formula is C22H25Cl2N3O6. The summed E-state index contributed by atoms with van der Waals surface area (Å²) in [4.78, 5) is 25.0. The number of benzene rings is 2. The second-order valence-corrected chi connectivity index (χ2v) is 7.26. The van der Waals surface area contributed by atoms with E-state index < -0.39 is 17.7 Å². The molecule has 0 aliphatic heterocycles. The number of nitrogens with zero attached hydrogens (tertiary/aromatic N) is 2. The molecule has 33 heavy (non-hydrogen) atoms. The van der Waals surface area contributed by atoms with Gasteiger partial charge >= 0.3 is 0 Å². The minimum atomic E-state index is -1.42. The highest BCUT2D eigenvalue weighted by molar-refractivity contribution is 6.34. The Balaban J connectivity index is 2.34. The third-order valence-corrected chi connectivity index (χ3v) is 4.98. The molecule has 1 atom stereocenters. The van der Waals surface area contributed by atoms with Crippen LogP contribution < -0.4 is 24.3 Å². The van der Waals surface area contributed by atoms with E-state index in [4.69, 9.17) is 42.1 Å². The molecule has 0 saturated carbocycles. The molecule has 178 valence electrons. The van der Waals surface area contributed by atoms with E-state index in [0.717, 1.165) is 0 Å². The first-order chi connectivity index (χ1) is 15.8. The van der Waals surface area contributed by atoms with Crippen LogP contribution in [0.2, 0.25) is 10.0 Å². The molecule has 0 saturated heterocycles. The number of methoxy groups -OCH3 is 2. The average Bonchev–Trinajstić information content (AvgIpc) is 2.77. The summed E-state index contributed by atoms with van der Waals surface area (Å²) in [5.74, 6) is 0.0307. The minimum Gasteiger partial charge on any atom is -0.495 e. The molecule has 0 aliphatic rings. The fourth-order valence-electron chi connectivity index (χ4n) is 2.77. The van der Waals surface area contributed by atoms with Gasteiger partial charge in [0, 0.05) is 17.8 Å². The lowest BCUT2D eigenvalue weighted by Crippen LogP contribution is -2.31. The molecule has 0 radical (unpaired) electrons. The fraction of sp³-hybridized carbons (Fsp3) is 0.364. The van der Waals surface area contributed by atoms with Crippen molar-refractivity contribution in [2.24, 2.45) is 10.2 Å². The van der Waals surface area contributed by atoms with E-state index in [1.165, 1.54) is 33.3 Å². The number of nitrogens with one attached hydrogen (secondary N) is 1. The van der Waals surface area contributed by atoms with Crippen molar-refractivity contribution in [2.45, 2.75) is 26.8 Å². The quantitative estimate of drug-likeness (QED) is 0.324. The van der Waals surface area contributed by atoms with Gasteiger partial charge in [-0.15, -0.1) is 0 Å². The summed E-state index contributed by atoms with van der Waals surface area (Å²) in [5, 5.41) is 11.0. The highest BCUT2D eigenvalue weighted by Gasteiger charge is 2.25. The number of Topliss-reactive ketones (excluding diaryl/α,β-unsaturated/α-hetero) is 1. The van der Waals surface area contributed by atoms with Crippen molar-refractivity contribution in [3.05, 3.63) is 34.3 Å². The van der Waals surface area contributed by atoms with Gasteiger partial charge in [-0.05, 0) is 32.9 Å². The first-order valence-corrected chi connectivity index (χ1v) is 10.7. The zero-order valence-corrected chi connectivity index (χ0v) is 20.4. The van der Waals surface area contributed by atoms with Crippen molar-refractivity contribution < 1.29 is 28.5 Å². The maximum Gasteiger partial charge on any atom is 0.258 e. The van der Waals surface area contributed by atoms with Crippen molar-refractivity contribution in [1.29, 1.82) is 0 Å². The maximum absolute atomic E-state index is 12.8. The van der Waals surface area contributed by atoms with E-state index in [9.17, 15) is 9.59 Å². The topological polar surface area (TPSA) is 108 Å². The molecule has 0 spiro atoms. The number of ketones is 1. The third-order valence-electron chi connectivity index (χ3n) is 4.25. The van der Waals surface area contributed by atoms with Crippen LogP contribution in [0.5, 0.6) is 23.0 Å². The molecular weight excluding hydrogens is 473 g/mol.